The first-order valence-electron chi connectivity index (χ1n) is 5.85. The van der Waals surface area contributed by atoms with Crippen LogP contribution in [0.1, 0.15) is 31.4 Å². The van der Waals surface area contributed by atoms with Crippen LogP contribution < -0.4 is 10.5 Å². The molecule has 0 radical (unpaired) electrons. The highest BCUT2D eigenvalue weighted by Crippen LogP contribution is 2.19. The van der Waals surface area contributed by atoms with E-state index in [2.05, 4.69) is 0 Å². The van der Waals surface area contributed by atoms with E-state index < -0.39 is 0 Å². The van der Waals surface area contributed by atoms with Crippen molar-refractivity contribution >= 4 is 0 Å². The molecule has 2 atom stereocenters. The minimum absolute atomic E-state index is 0.0760. The van der Waals surface area contributed by atoms with Crippen LogP contribution in [-0.2, 0) is 4.74 Å². The maximum Gasteiger partial charge on any atom is 0.122 e. The van der Waals surface area contributed by atoms with Crippen LogP contribution in [0.15, 0.2) is 24.3 Å². The van der Waals surface area contributed by atoms with Crippen molar-refractivity contribution in [1.29, 1.82) is 0 Å². The molecule has 16 heavy (non-hydrogen) atoms. The molecule has 1 aliphatic heterocycles. The van der Waals surface area contributed by atoms with E-state index in [9.17, 15) is 0 Å². The molecule has 2 rings (SSSR count). The van der Waals surface area contributed by atoms with Crippen LogP contribution in [0.3, 0.4) is 0 Å². The molecular formula is C13H19NO2. The third kappa shape index (κ3) is 2.97. The third-order valence-corrected chi connectivity index (χ3v) is 2.83. The fraction of sp³-hybridized carbons (Fsp3) is 0.538. The van der Waals surface area contributed by atoms with Crippen molar-refractivity contribution in [2.75, 3.05) is 13.2 Å². The van der Waals surface area contributed by atoms with Crippen molar-refractivity contribution in [2.24, 2.45) is 5.73 Å². The summed E-state index contributed by atoms with van der Waals surface area (Å²) in [7, 11) is 0. The lowest BCUT2D eigenvalue weighted by Crippen LogP contribution is -2.27. The number of ether oxygens (including phenoxy) is 2. The molecule has 1 saturated heterocycles. The Kier molecular flexibility index (Phi) is 3.80. The molecule has 0 spiro atoms. The van der Waals surface area contributed by atoms with Gasteiger partial charge < -0.3 is 15.2 Å². The molecule has 0 bridgehead atoms. The Labute approximate surface area is 96.5 Å². The van der Waals surface area contributed by atoms with Gasteiger partial charge in [-0.3, -0.25) is 0 Å². The second-order valence-electron chi connectivity index (χ2n) is 4.31. The van der Waals surface area contributed by atoms with Crippen molar-refractivity contribution in [1.82, 2.24) is 0 Å². The topological polar surface area (TPSA) is 44.5 Å². The number of hydrogen-bond acceptors (Lipinski definition) is 3. The quantitative estimate of drug-likeness (QED) is 0.851. The number of hydrogen-bond donors (Lipinski definition) is 1. The van der Waals surface area contributed by atoms with Crippen LogP contribution in [0.5, 0.6) is 5.75 Å². The molecule has 1 aromatic carbocycles. The van der Waals surface area contributed by atoms with Gasteiger partial charge in [-0.1, -0.05) is 12.1 Å². The summed E-state index contributed by atoms with van der Waals surface area (Å²) in [4.78, 5) is 0. The molecule has 1 heterocycles. The highest BCUT2D eigenvalue weighted by atomic mass is 16.5. The minimum atomic E-state index is 0.0760. The third-order valence-electron chi connectivity index (χ3n) is 2.83. The first kappa shape index (κ1) is 11.4. The second kappa shape index (κ2) is 5.32. The molecule has 88 valence electrons. The van der Waals surface area contributed by atoms with Crippen molar-refractivity contribution in [3.05, 3.63) is 29.8 Å². The van der Waals surface area contributed by atoms with Gasteiger partial charge in [-0.2, -0.15) is 0 Å². The van der Waals surface area contributed by atoms with Gasteiger partial charge >= 0.3 is 0 Å². The maximum absolute atomic E-state index is 5.82. The zero-order chi connectivity index (χ0) is 11.4. The average Bonchev–Trinajstić information content (AvgIpc) is 2.31. The number of nitrogens with two attached hydrogens (primary N) is 1. The Morgan fingerprint density at radius 1 is 1.38 bits per heavy atom. The lowest BCUT2D eigenvalue weighted by Gasteiger charge is -2.23. The second-order valence-corrected chi connectivity index (χ2v) is 4.31. The summed E-state index contributed by atoms with van der Waals surface area (Å²) in [6.07, 6.45) is 2.37. The Morgan fingerprint density at radius 3 is 2.69 bits per heavy atom. The van der Waals surface area contributed by atoms with Gasteiger partial charge in [0.15, 0.2) is 0 Å². The van der Waals surface area contributed by atoms with Gasteiger partial charge in [0, 0.05) is 12.6 Å². The van der Waals surface area contributed by atoms with Crippen LogP contribution in [0.25, 0.3) is 0 Å². The molecule has 2 N–H and O–H groups in total. The zero-order valence-electron chi connectivity index (χ0n) is 9.69. The molecule has 1 aromatic rings. The molecule has 0 saturated carbocycles. The van der Waals surface area contributed by atoms with Crippen molar-refractivity contribution in [3.8, 4) is 5.75 Å². The van der Waals surface area contributed by atoms with Gasteiger partial charge in [0.25, 0.3) is 0 Å². The lowest BCUT2D eigenvalue weighted by atomic mass is 10.1. The van der Waals surface area contributed by atoms with Crippen LogP contribution in [0, 0.1) is 0 Å². The summed E-state index contributed by atoms with van der Waals surface area (Å²) in [6.45, 7) is 3.55. The largest absolute Gasteiger partial charge is 0.488 e. The van der Waals surface area contributed by atoms with Gasteiger partial charge in [0.2, 0.25) is 0 Å². The highest BCUT2D eigenvalue weighted by Gasteiger charge is 2.15. The minimum Gasteiger partial charge on any atom is -0.488 e. The van der Waals surface area contributed by atoms with Crippen LogP contribution in [0.2, 0.25) is 0 Å². The first-order chi connectivity index (χ1) is 7.75. The molecule has 0 amide bonds. The van der Waals surface area contributed by atoms with E-state index in [4.69, 9.17) is 15.2 Å². The molecule has 3 heteroatoms. The highest BCUT2D eigenvalue weighted by molar-refractivity contribution is 5.28. The van der Waals surface area contributed by atoms with E-state index in [1.54, 1.807) is 0 Å². The predicted octanol–water partition coefficient (Wildman–Crippen LogP) is 2.26. The van der Waals surface area contributed by atoms with E-state index >= 15 is 0 Å². The molecule has 0 aromatic heterocycles. The number of rotatable bonds is 3. The molecule has 1 fully saturated rings. The smallest absolute Gasteiger partial charge is 0.122 e. The van der Waals surface area contributed by atoms with E-state index in [0.29, 0.717) is 6.61 Å². The first-order valence-corrected chi connectivity index (χ1v) is 5.85. The summed E-state index contributed by atoms with van der Waals surface area (Å²) < 4.78 is 11.2. The summed E-state index contributed by atoms with van der Waals surface area (Å²) in [6, 6.07) is 8.07. The van der Waals surface area contributed by atoms with Gasteiger partial charge in [-0.25, -0.2) is 0 Å². The van der Waals surface area contributed by atoms with Crippen molar-refractivity contribution in [2.45, 2.75) is 31.9 Å². The van der Waals surface area contributed by atoms with Crippen molar-refractivity contribution < 1.29 is 9.47 Å². The van der Waals surface area contributed by atoms with E-state index in [0.717, 1.165) is 30.8 Å². The predicted molar refractivity (Wildman–Crippen MR) is 63.5 cm³/mol. The van der Waals surface area contributed by atoms with E-state index in [-0.39, 0.29) is 12.1 Å². The van der Waals surface area contributed by atoms with Crippen LogP contribution in [0.4, 0.5) is 0 Å². The molecular weight excluding hydrogens is 202 g/mol. The van der Waals surface area contributed by atoms with Gasteiger partial charge in [0.05, 0.1) is 6.61 Å². The fourth-order valence-corrected chi connectivity index (χ4v) is 1.85. The van der Waals surface area contributed by atoms with Gasteiger partial charge in [-0.05, 0) is 37.5 Å². The Morgan fingerprint density at radius 2 is 2.12 bits per heavy atom. The Balaban J connectivity index is 1.93. The maximum atomic E-state index is 5.82. The molecule has 1 aliphatic rings. The van der Waals surface area contributed by atoms with Crippen LogP contribution in [-0.4, -0.2) is 19.3 Å². The zero-order valence-corrected chi connectivity index (χ0v) is 9.69. The van der Waals surface area contributed by atoms with E-state index in [1.807, 2.05) is 31.2 Å². The summed E-state index contributed by atoms with van der Waals surface area (Å²) in [5.41, 5.74) is 6.92. The Hall–Kier alpha value is -1.06. The lowest BCUT2D eigenvalue weighted by molar-refractivity contribution is 0.00742. The summed E-state index contributed by atoms with van der Waals surface area (Å²) >= 11 is 0. The van der Waals surface area contributed by atoms with Crippen molar-refractivity contribution in [3.63, 3.8) is 0 Å². The monoisotopic (exact) mass is 221 g/mol. The standard InChI is InChI=1S/C13H19NO2/c1-10(14)11-4-6-12(7-5-11)16-13-3-2-8-15-9-13/h4-7,10,13H,2-3,8-9,14H2,1H3. The molecule has 2 unspecified atom stereocenters. The summed E-state index contributed by atoms with van der Waals surface area (Å²) in [5.74, 6) is 0.903. The van der Waals surface area contributed by atoms with Crippen LogP contribution >= 0.6 is 0 Å². The number of benzene rings is 1. The Bertz CT molecular complexity index is 315. The molecule has 0 aliphatic carbocycles. The van der Waals surface area contributed by atoms with E-state index in [1.165, 1.54) is 0 Å². The normalized spacial score (nSPS) is 22.8. The fourth-order valence-electron chi connectivity index (χ4n) is 1.85. The molecule has 3 nitrogen and oxygen atoms in total. The SMILES string of the molecule is CC(N)c1ccc(OC2CCCOC2)cc1. The van der Waals surface area contributed by atoms with Gasteiger partial charge in [0.1, 0.15) is 11.9 Å². The van der Waals surface area contributed by atoms with Gasteiger partial charge in [-0.15, -0.1) is 0 Å². The summed E-state index contributed by atoms with van der Waals surface area (Å²) in [5, 5.41) is 0. The average molecular weight is 221 g/mol.